The van der Waals surface area contributed by atoms with Crippen LogP contribution in [0.5, 0.6) is 0 Å². The van der Waals surface area contributed by atoms with Gasteiger partial charge in [0.1, 0.15) is 0 Å². The molecule has 0 bridgehead atoms. The molecule has 0 saturated heterocycles. The van der Waals surface area contributed by atoms with E-state index in [4.69, 9.17) is 5.21 Å². The molecule has 3 rings (SSSR count). The number of quaternary nitrogens is 1. The molecular formula is C19H21N3O3. The van der Waals surface area contributed by atoms with E-state index >= 15 is 0 Å². The molecule has 0 saturated carbocycles. The Morgan fingerprint density at radius 1 is 1.24 bits per heavy atom. The van der Waals surface area contributed by atoms with E-state index in [0.717, 1.165) is 17.6 Å². The summed E-state index contributed by atoms with van der Waals surface area (Å²) < 4.78 is 0. The van der Waals surface area contributed by atoms with Gasteiger partial charge in [0, 0.05) is 40.3 Å². The second-order valence-corrected chi connectivity index (χ2v) is 6.11. The molecule has 1 heterocycles. The molecule has 0 fully saturated rings. The zero-order valence-corrected chi connectivity index (χ0v) is 14.2. The highest BCUT2D eigenvalue weighted by molar-refractivity contribution is 5.94. The normalized spacial score (nSPS) is 12.3. The minimum Gasteiger partial charge on any atom is -0.595 e. The fourth-order valence-electron chi connectivity index (χ4n) is 3.10. The van der Waals surface area contributed by atoms with Gasteiger partial charge in [-0.05, 0) is 44.0 Å². The molecule has 0 aliphatic carbocycles. The third-order valence-electron chi connectivity index (χ3n) is 4.41. The predicted octanol–water partition coefficient (Wildman–Crippen LogP) is 2.16. The third kappa shape index (κ3) is 3.56. The molecular weight excluding hydrogens is 318 g/mol. The van der Waals surface area contributed by atoms with Gasteiger partial charge in [0.2, 0.25) is 0 Å². The predicted molar refractivity (Wildman–Crippen MR) is 96.0 cm³/mol. The first-order valence-electron chi connectivity index (χ1n) is 8.15. The molecule has 130 valence electrons. The van der Waals surface area contributed by atoms with Crippen molar-refractivity contribution in [2.24, 2.45) is 0 Å². The molecule has 0 aliphatic heterocycles. The van der Waals surface area contributed by atoms with E-state index in [2.05, 4.69) is 16.4 Å². The van der Waals surface area contributed by atoms with Crippen LogP contribution in [-0.2, 0) is 6.42 Å². The summed E-state index contributed by atoms with van der Waals surface area (Å²) >= 11 is 0. The van der Waals surface area contributed by atoms with E-state index in [0.29, 0.717) is 17.7 Å². The molecule has 6 nitrogen and oxygen atoms in total. The zero-order chi connectivity index (χ0) is 18.0. The number of H-pyrrole nitrogens is 1. The maximum atomic E-state index is 12.3. The quantitative estimate of drug-likeness (QED) is 0.537. The second kappa shape index (κ2) is 7.06. The first-order chi connectivity index (χ1) is 12.0. The first-order valence-corrected chi connectivity index (χ1v) is 8.15. The van der Waals surface area contributed by atoms with Gasteiger partial charge >= 0.3 is 0 Å². The lowest BCUT2D eigenvalue weighted by atomic mass is 10.1. The lowest BCUT2D eigenvalue weighted by Crippen LogP contribution is -2.99. The minimum absolute atomic E-state index is 0.197. The Morgan fingerprint density at radius 2 is 2.00 bits per heavy atom. The van der Waals surface area contributed by atoms with Crippen molar-refractivity contribution in [2.45, 2.75) is 20.3 Å². The zero-order valence-electron chi connectivity index (χ0n) is 14.2. The van der Waals surface area contributed by atoms with Crippen LogP contribution in [0.3, 0.4) is 0 Å². The van der Waals surface area contributed by atoms with Crippen LogP contribution in [0.1, 0.15) is 27.2 Å². The van der Waals surface area contributed by atoms with Crippen LogP contribution >= 0.6 is 0 Å². The van der Waals surface area contributed by atoms with E-state index in [1.54, 1.807) is 19.1 Å². The largest absolute Gasteiger partial charge is 0.595 e. The summed E-state index contributed by atoms with van der Waals surface area (Å²) in [5.74, 6) is -0.197. The van der Waals surface area contributed by atoms with Crippen LogP contribution in [0, 0.1) is 19.1 Å². The van der Waals surface area contributed by atoms with Crippen molar-refractivity contribution in [1.29, 1.82) is 0 Å². The molecule has 1 unspecified atom stereocenters. The maximum absolute atomic E-state index is 12.3. The van der Waals surface area contributed by atoms with Gasteiger partial charge in [0.05, 0.1) is 0 Å². The average molecular weight is 339 g/mol. The Hall–Kier alpha value is -2.67. The Bertz CT molecular complexity index is 915. The molecule has 1 amide bonds. The first kappa shape index (κ1) is 17.2. The number of para-hydroxylation sites is 1. The molecule has 1 aromatic heterocycles. The highest BCUT2D eigenvalue weighted by Gasteiger charge is 2.12. The van der Waals surface area contributed by atoms with Gasteiger partial charge in [-0.15, -0.1) is 0 Å². The highest BCUT2D eigenvalue weighted by Crippen LogP contribution is 2.22. The summed E-state index contributed by atoms with van der Waals surface area (Å²) in [7, 11) is 0. The third-order valence-corrected chi connectivity index (χ3v) is 4.41. The number of fused-ring (bicyclic) bond motifs is 1. The van der Waals surface area contributed by atoms with Crippen molar-refractivity contribution < 1.29 is 15.2 Å². The fraction of sp³-hybridized carbons (Fsp3) is 0.211. The van der Waals surface area contributed by atoms with Gasteiger partial charge in [-0.25, -0.2) is 5.21 Å². The van der Waals surface area contributed by atoms with Crippen LogP contribution in [0.2, 0.25) is 0 Å². The lowest BCUT2D eigenvalue weighted by molar-refractivity contribution is -0.991. The number of carbonyl (C=O) groups is 1. The minimum atomic E-state index is -0.987. The number of nitrogens with one attached hydrogen (secondary N) is 3. The monoisotopic (exact) mass is 339 g/mol. The van der Waals surface area contributed by atoms with Crippen molar-refractivity contribution in [2.75, 3.05) is 6.54 Å². The molecule has 0 spiro atoms. The van der Waals surface area contributed by atoms with Crippen molar-refractivity contribution in [3.05, 3.63) is 70.1 Å². The van der Waals surface area contributed by atoms with Crippen molar-refractivity contribution in [1.82, 2.24) is 10.3 Å². The summed E-state index contributed by atoms with van der Waals surface area (Å²) in [4.78, 5) is 15.6. The average Bonchev–Trinajstić information content (AvgIpc) is 2.90. The standard InChI is InChI=1S/C19H21N3O3/c1-12-11-14(7-8-18(12)22(24)25)19(23)20-10-9-15-13(2)21-17-6-4-3-5-16(15)17/h3-8,11,21-22,24H,9-10H2,1-2H3,(H,20,23). The van der Waals surface area contributed by atoms with E-state index in [9.17, 15) is 10.0 Å². The van der Waals surface area contributed by atoms with E-state index in [1.807, 2.05) is 25.1 Å². The molecule has 0 radical (unpaired) electrons. The smallest absolute Gasteiger partial charge is 0.251 e. The van der Waals surface area contributed by atoms with Crippen LogP contribution in [-0.4, -0.2) is 22.6 Å². The number of carbonyl (C=O) groups excluding carboxylic acids is 1. The number of hydrogen-bond donors (Lipinski definition) is 4. The Balaban J connectivity index is 1.66. The summed E-state index contributed by atoms with van der Waals surface area (Å²) in [5.41, 5.74) is 4.67. The van der Waals surface area contributed by atoms with E-state index in [1.165, 1.54) is 17.0 Å². The van der Waals surface area contributed by atoms with Crippen LogP contribution in [0.15, 0.2) is 42.5 Å². The second-order valence-electron chi connectivity index (χ2n) is 6.11. The van der Waals surface area contributed by atoms with Crippen LogP contribution in [0.25, 0.3) is 10.9 Å². The fourth-order valence-corrected chi connectivity index (χ4v) is 3.10. The number of benzene rings is 2. The number of hydrogen-bond acceptors (Lipinski definition) is 3. The van der Waals surface area contributed by atoms with Gasteiger partial charge in [0.15, 0.2) is 5.69 Å². The van der Waals surface area contributed by atoms with Crippen LogP contribution < -0.4 is 10.5 Å². The van der Waals surface area contributed by atoms with Gasteiger partial charge in [-0.2, -0.15) is 5.23 Å². The summed E-state index contributed by atoms with van der Waals surface area (Å²) in [6.07, 6.45) is 0.730. The summed E-state index contributed by atoms with van der Waals surface area (Å²) in [5, 5.41) is 23.2. The Kier molecular flexibility index (Phi) is 4.85. The summed E-state index contributed by atoms with van der Waals surface area (Å²) in [6.45, 7) is 4.24. The number of amides is 1. The molecule has 1 atom stereocenters. The Labute approximate surface area is 145 Å². The molecule has 25 heavy (non-hydrogen) atoms. The number of rotatable bonds is 5. The van der Waals surface area contributed by atoms with Gasteiger partial charge in [-0.3, -0.25) is 4.79 Å². The van der Waals surface area contributed by atoms with Gasteiger partial charge in [0.25, 0.3) is 5.91 Å². The number of aryl methyl sites for hydroxylation is 2. The van der Waals surface area contributed by atoms with Crippen molar-refractivity contribution >= 4 is 22.5 Å². The Morgan fingerprint density at radius 3 is 2.72 bits per heavy atom. The number of aromatic amines is 1. The van der Waals surface area contributed by atoms with Crippen LogP contribution in [0.4, 0.5) is 5.69 Å². The SMILES string of the molecule is Cc1cc(C(=O)NCCc2c(C)[nH]c3ccccc23)ccc1[NH+]([O-])O. The van der Waals surface area contributed by atoms with Crippen molar-refractivity contribution in [3.63, 3.8) is 0 Å². The van der Waals surface area contributed by atoms with E-state index < -0.39 is 5.23 Å². The highest BCUT2D eigenvalue weighted by atomic mass is 16.8. The summed E-state index contributed by atoms with van der Waals surface area (Å²) in [6, 6.07) is 12.7. The molecule has 6 heteroatoms. The maximum Gasteiger partial charge on any atom is 0.251 e. The topological polar surface area (TPSA) is 92.6 Å². The van der Waals surface area contributed by atoms with Gasteiger partial charge < -0.3 is 15.5 Å². The number of aromatic nitrogens is 1. The lowest BCUT2D eigenvalue weighted by Gasteiger charge is -2.14. The molecule has 0 aliphatic rings. The molecule has 4 N–H and O–H groups in total. The molecule has 3 aromatic rings. The van der Waals surface area contributed by atoms with E-state index in [-0.39, 0.29) is 11.6 Å². The molecule has 2 aromatic carbocycles. The van der Waals surface area contributed by atoms with Crippen molar-refractivity contribution in [3.8, 4) is 0 Å². The van der Waals surface area contributed by atoms with Gasteiger partial charge in [-0.1, -0.05) is 18.2 Å².